The minimum Gasteiger partial charge on any atom is -0.469 e. The van der Waals surface area contributed by atoms with E-state index in [1.165, 1.54) is 7.11 Å². The Labute approximate surface area is 114 Å². The van der Waals surface area contributed by atoms with Crippen LogP contribution in [0, 0.1) is 5.92 Å². The van der Waals surface area contributed by atoms with Crippen LogP contribution in [-0.4, -0.2) is 32.1 Å². The van der Waals surface area contributed by atoms with Crippen LogP contribution < -0.4 is 11.1 Å². The number of ether oxygens (including phenoxy) is 1. The van der Waals surface area contributed by atoms with Crippen LogP contribution in [0.15, 0.2) is 4.99 Å². The third kappa shape index (κ3) is 8.75. The summed E-state index contributed by atoms with van der Waals surface area (Å²) < 4.78 is 4.57. The Balaban J connectivity index is 0. The Kier molecular flexibility index (Phi) is 12.2. The molecule has 0 bridgehead atoms. The van der Waals surface area contributed by atoms with Gasteiger partial charge in [-0.15, -0.1) is 24.0 Å². The number of methoxy groups -OCH3 is 1. The lowest BCUT2D eigenvalue weighted by Gasteiger charge is -2.07. The average molecular weight is 343 g/mol. The summed E-state index contributed by atoms with van der Waals surface area (Å²) >= 11 is 0. The highest BCUT2D eigenvalue weighted by molar-refractivity contribution is 14.0. The number of nitrogens with zero attached hydrogens (tertiary/aromatic N) is 1. The lowest BCUT2D eigenvalue weighted by molar-refractivity contribution is -0.144. The number of carbonyl (C=O) groups excluding carboxylic acids is 1. The Hall–Kier alpha value is -0.530. The van der Waals surface area contributed by atoms with Gasteiger partial charge in [0, 0.05) is 6.54 Å². The molecule has 0 heterocycles. The third-order valence-electron chi connectivity index (χ3n) is 1.98. The lowest BCUT2D eigenvalue weighted by Crippen LogP contribution is -2.33. The molecule has 16 heavy (non-hydrogen) atoms. The van der Waals surface area contributed by atoms with Crippen molar-refractivity contribution < 1.29 is 9.53 Å². The number of halogens is 1. The number of rotatable bonds is 6. The molecule has 0 radical (unpaired) electrons. The van der Waals surface area contributed by atoms with Crippen LogP contribution in [0.3, 0.4) is 0 Å². The van der Waals surface area contributed by atoms with Gasteiger partial charge in [-0.25, -0.2) is 0 Å². The Bertz CT molecular complexity index is 222. The van der Waals surface area contributed by atoms with Gasteiger partial charge >= 0.3 is 5.97 Å². The summed E-state index contributed by atoms with van der Waals surface area (Å²) in [5.74, 6) is -0.124. The van der Waals surface area contributed by atoms with Crippen LogP contribution >= 0.6 is 24.0 Å². The van der Waals surface area contributed by atoms with Crippen molar-refractivity contribution in [1.29, 1.82) is 0 Å². The number of nitrogens with one attached hydrogen (secondary N) is 1. The Morgan fingerprint density at radius 2 is 2.19 bits per heavy atom. The standard InChI is InChI=1S/C10H21N3O2.HI/c1-4-5-6-12-10(11)13-7-8(2)9(14)15-3;/h8H,4-7H2,1-3H3,(H3,11,12,13);1H. The van der Waals surface area contributed by atoms with E-state index in [0.717, 1.165) is 19.4 Å². The first-order valence-electron chi connectivity index (χ1n) is 5.23. The number of carbonyl (C=O) groups is 1. The maximum atomic E-state index is 11.0. The molecule has 0 fully saturated rings. The molecule has 0 aromatic carbocycles. The van der Waals surface area contributed by atoms with Crippen molar-refractivity contribution in [3.8, 4) is 0 Å². The number of hydrogen-bond donors (Lipinski definition) is 2. The van der Waals surface area contributed by atoms with Gasteiger partial charge in [0.05, 0.1) is 19.6 Å². The lowest BCUT2D eigenvalue weighted by atomic mass is 10.2. The zero-order valence-corrected chi connectivity index (χ0v) is 12.5. The van der Waals surface area contributed by atoms with Crippen molar-refractivity contribution >= 4 is 35.9 Å². The van der Waals surface area contributed by atoms with Crippen LogP contribution in [0.2, 0.25) is 0 Å². The number of guanidine groups is 1. The highest BCUT2D eigenvalue weighted by atomic mass is 127. The monoisotopic (exact) mass is 343 g/mol. The summed E-state index contributed by atoms with van der Waals surface area (Å²) in [6, 6.07) is 0. The normalized spacial score (nSPS) is 12.6. The molecule has 1 unspecified atom stereocenters. The maximum absolute atomic E-state index is 11.0. The minimum absolute atomic E-state index is 0. The van der Waals surface area contributed by atoms with Gasteiger partial charge in [-0.05, 0) is 6.42 Å². The van der Waals surface area contributed by atoms with E-state index in [2.05, 4.69) is 22.0 Å². The van der Waals surface area contributed by atoms with E-state index in [9.17, 15) is 4.79 Å². The average Bonchev–Trinajstić information content (AvgIpc) is 2.25. The summed E-state index contributed by atoms with van der Waals surface area (Å²) in [4.78, 5) is 15.1. The molecule has 0 saturated carbocycles. The minimum atomic E-state index is -0.264. The van der Waals surface area contributed by atoms with Gasteiger partial charge in [0.15, 0.2) is 5.96 Å². The summed E-state index contributed by atoms with van der Waals surface area (Å²) in [5.41, 5.74) is 5.59. The van der Waals surface area contributed by atoms with E-state index in [0.29, 0.717) is 12.5 Å². The summed E-state index contributed by atoms with van der Waals surface area (Å²) in [6.07, 6.45) is 2.17. The second-order valence-corrected chi connectivity index (χ2v) is 3.43. The fourth-order valence-corrected chi connectivity index (χ4v) is 0.960. The second kappa shape index (κ2) is 11.0. The predicted molar refractivity (Wildman–Crippen MR) is 76.0 cm³/mol. The maximum Gasteiger partial charge on any atom is 0.310 e. The molecule has 5 nitrogen and oxygen atoms in total. The van der Waals surface area contributed by atoms with Gasteiger partial charge in [0.2, 0.25) is 0 Å². The Morgan fingerprint density at radius 1 is 1.56 bits per heavy atom. The van der Waals surface area contributed by atoms with Crippen LogP contribution in [0.5, 0.6) is 0 Å². The zero-order chi connectivity index (χ0) is 11.7. The molecule has 96 valence electrons. The van der Waals surface area contributed by atoms with Crippen molar-refractivity contribution in [3.05, 3.63) is 0 Å². The van der Waals surface area contributed by atoms with Crippen molar-refractivity contribution in [1.82, 2.24) is 5.32 Å². The summed E-state index contributed by atoms with van der Waals surface area (Å²) in [6.45, 7) is 5.04. The van der Waals surface area contributed by atoms with Crippen molar-refractivity contribution in [2.24, 2.45) is 16.6 Å². The van der Waals surface area contributed by atoms with Crippen molar-refractivity contribution in [2.75, 3.05) is 20.2 Å². The first kappa shape index (κ1) is 17.9. The molecule has 0 aliphatic carbocycles. The Morgan fingerprint density at radius 3 is 2.69 bits per heavy atom. The largest absolute Gasteiger partial charge is 0.469 e. The summed E-state index contributed by atoms with van der Waals surface area (Å²) in [5, 5.41) is 2.97. The first-order chi connectivity index (χ1) is 7.11. The number of unbranched alkanes of at least 4 members (excludes halogenated alkanes) is 1. The molecule has 0 saturated heterocycles. The number of hydrogen-bond acceptors (Lipinski definition) is 3. The molecular formula is C10H22IN3O2. The molecule has 0 amide bonds. The van der Waals surface area contributed by atoms with Crippen LogP contribution in [0.1, 0.15) is 26.7 Å². The predicted octanol–water partition coefficient (Wildman–Crippen LogP) is 1.12. The molecule has 3 N–H and O–H groups in total. The molecule has 6 heteroatoms. The SMILES string of the molecule is CCCCNC(N)=NCC(C)C(=O)OC.I. The number of esters is 1. The van der Waals surface area contributed by atoms with E-state index >= 15 is 0 Å². The molecule has 1 atom stereocenters. The van der Waals surface area contributed by atoms with Crippen LogP contribution in [0.25, 0.3) is 0 Å². The van der Waals surface area contributed by atoms with Crippen LogP contribution in [0.4, 0.5) is 0 Å². The van der Waals surface area contributed by atoms with Crippen molar-refractivity contribution in [3.63, 3.8) is 0 Å². The topological polar surface area (TPSA) is 76.7 Å². The summed E-state index contributed by atoms with van der Waals surface area (Å²) in [7, 11) is 1.37. The van der Waals surface area contributed by atoms with Gasteiger partial charge < -0.3 is 15.8 Å². The van der Waals surface area contributed by atoms with E-state index < -0.39 is 0 Å². The molecule has 0 aromatic heterocycles. The highest BCUT2D eigenvalue weighted by Gasteiger charge is 2.11. The van der Waals surface area contributed by atoms with E-state index in [-0.39, 0.29) is 35.9 Å². The molecule has 0 aliphatic rings. The van der Waals surface area contributed by atoms with Gasteiger partial charge in [0.1, 0.15) is 0 Å². The van der Waals surface area contributed by atoms with Gasteiger partial charge in [-0.3, -0.25) is 9.79 Å². The van der Waals surface area contributed by atoms with Gasteiger partial charge in [0.25, 0.3) is 0 Å². The van der Waals surface area contributed by atoms with E-state index in [1.54, 1.807) is 6.92 Å². The molecular weight excluding hydrogens is 321 g/mol. The van der Waals surface area contributed by atoms with Crippen LogP contribution in [-0.2, 0) is 9.53 Å². The van der Waals surface area contributed by atoms with Crippen molar-refractivity contribution in [2.45, 2.75) is 26.7 Å². The molecule has 0 aromatic rings. The fourth-order valence-electron chi connectivity index (χ4n) is 0.960. The first-order valence-corrected chi connectivity index (χ1v) is 5.23. The second-order valence-electron chi connectivity index (χ2n) is 3.43. The number of nitrogens with two attached hydrogens (primary N) is 1. The third-order valence-corrected chi connectivity index (χ3v) is 1.98. The smallest absolute Gasteiger partial charge is 0.310 e. The van der Waals surface area contributed by atoms with E-state index in [1.807, 2.05) is 0 Å². The van der Waals surface area contributed by atoms with Gasteiger partial charge in [-0.1, -0.05) is 20.3 Å². The van der Waals surface area contributed by atoms with E-state index in [4.69, 9.17) is 5.73 Å². The molecule has 0 rings (SSSR count). The zero-order valence-electron chi connectivity index (χ0n) is 10.2. The highest BCUT2D eigenvalue weighted by Crippen LogP contribution is 1.97. The molecule has 0 aliphatic heterocycles. The molecule has 0 spiro atoms. The quantitative estimate of drug-likeness (QED) is 0.249. The number of aliphatic imine (C=N–C) groups is 1. The van der Waals surface area contributed by atoms with Gasteiger partial charge in [-0.2, -0.15) is 0 Å². The fraction of sp³-hybridized carbons (Fsp3) is 0.800.